The summed E-state index contributed by atoms with van der Waals surface area (Å²) < 4.78 is 0. The van der Waals surface area contributed by atoms with Crippen LogP contribution < -0.4 is 5.32 Å². The third kappa shape index (κ3) is 3.10. The molecule has 3 N–H and O–H groups in total. The second kappa shape index (κ2) is 5.82. The fourth-order valence-corrected chi connectivity index (χ4v) is 2.08. The Morgan fingerprint density at radius 2 is 1.84 bits per heavy atom. The van der Waals surface area contributed by atoms with Gasteiger partial charge in [0.1, 0.15) is 12.2 Å². The smallest absolute Gasteiger partial charge is 0.216 e. The number of nitrogens with one attached hydrogen (secondary N) is 1. The van der Waals surface area contributed by atoms with E-state index in [1.807, 2.05) is 36.4 Å². The van der Waals surface area contributed by atoms with Gasteiger partial charge in [0, 0.05) is 13.5 Å². The van der Waals surface area contributed by atoms with Gasteiger partial charge in [-0.2, -0.15) is 0 Å². The molecule has 0 saturated carbocycles. The lowest BCUT2D eigenvalue weighted by molar-refractivity contribution is -0.119. The van der Waals surface area contributed by atoms with Gasteiger partial charge in [0.15, 0.2) is 0 Å². The van der Waals surface area contributed by atoms with Gasteiger partial charge in [-0.1, -0.05) is 42.5 Å². The van der Waals surface area contributed by atoms with Crippen LogP contribution in [0.2, 0.25) is 0 Å². The molecule has 0 heterocycles. The molecule has 0 radical (unpaired) electrons. The van der Waals surface area contributed by atoms with Gasteiger partial charge in [0.2, 0.25) is 5.91 Å². The summed E-state index contributed by atoms with van der Waals surface area (Å²) in [5, 5.41) is 24.5. The molecule has 2 aromatic rings. The van der Waals surface area contributed by atoms with E-state index < -0.39 is 12.2 Å². The lowest BCUT2D eigenvalue weighted by atomic mass is 9.97. The molecule has 0 aliphatic carbocycles. The largest absolute Gasteiger partial charge is 0.388 e. The number of rotatable bonds is 4. The topological polar surface area (TPSA) is 69.6 Å². The fourth-order valence-electron chi connectivity index (χ4n) is 2.08. The maximum atomic E-state index is 10.8. The zero-order valence-electron chi connectivity index (χ0n) is 10.7. The summed E-state index contributed by atoms with van der Waals surface area (Å²) in [6.45, 7) is 1.40. The Hall–Kier alpha value is -1.91. The van der Waals surface area contributed by atoms with Crippen molar-refractivity contribution in [3.63, 3.8) is 0 Å². The lowest BCUT2D eigenvalue weighted by Gasteiger charge is -2.19. The molecule has 19 heavy (non-hydrogen) atoms. The molecule has 0 aliphatic rings. The highest BCUT2D eigenvalue weighted by Gasteiger charge is 2.20. The first kappa shape index (κ1) is 13.5. The van der Waals surface area contributed by atoms with Crippen molar-refractivity contribution in [2.24, 2.45) is 0 Å². The van der Waals surface area contributed by atoms with Crippen LogP contribution in [0.3, 0.4) is 0 Å². The quantitative estimate of drug-likeness (QED) is 0.776. The van der Waals surface area contributed by atoms with Crippen molar-refractivity contribution in [1.82, 2.24) is 5.32 Å². The standard InChI is InChI=1S/C15H17NO3/c1-10(17)16-9-14(18)15(19)13-8-4-6-11-5-2-3-7-12(11)13/h2-8,14-15,18-19H,9H2,1H3,(H,16,17). The van der Waals surface area contributed by atoms with Crippen molar-refractivity contribution in [2.75, 3.05) is 6.54 Å². The summed E-state index contributed by atoms with van der Waals surface area (Å²) in [6, 6.07) is 13.2. The van der Waals surface area contributed by atoms with E-state index in [0.717, 1.165) is 10.8 Å². The van der Waals surface area contributed by atoms with Gasteiger partial charge in [-0.25, -0.2) is 0 Å². The Labute approximate surface area is 111 Å². The van der Waals surface area contributed by atoms with Crippen LogP contribution in [0.5, 0.6) is 0 Å². The average molecular weight is 259 g/mol. The molecule has 2 unspecified atom stereocenters. The Kier molecular flexibility index (Phi) is 4.14. The van der Waals surface area contributed by atoms with Gasteiger partial charge in [0.05, 0.1) is 0 Å². The second-order valence-corrected chi connectivity index (χ2v) is 4.52. The molecule has 0 aromatic heterocycles. The third-order valence-corrected chi connectivity index (χ3v) is 3.07. The van der Waals surface area contributed by atoms with E-state index in [9.17, 15) is 15.0 Å². The summed E-state index contributed by atoms with van der Waals surface area (Å²) in [6.07, 6.45) is -2.06. The van der Waals surface area contributed by atoms with Gasteiger partial charge in [0.25, 0.3) is 0 Å². The van der Waals surface area contributed by atoms with Crippen LogP contribution >= 0.6 is 0 Å². The Bertz CT molecular complexity index is 577. The summed E-state index contributed by atoms with van der Waals surface area (Å²) in [4.78, 5) is 10.8. The first-order valence-electron chi connectivity index (χ1n) is 6.18. The van der Waals surface area contributed by atoms with E-state index >= 15 is 0 Å². The molecule has 0 saturated heterocycles. The van der Waals surface area contributed by atoms with Crippen LogP contribution in [0.1, 0.15) is 18.6 Å². The van der Waals surface area contributed by atoms with Gasteiger partial charge in [-0.3, -0.25) is 4.79 Å². The van der Waals surface area contributed by atoms with Crippen molar-refractivity contribution in [3.05, 3.63) is 48.0 Å². The van der Waals surface area contributed by atoms with Crippen molar-refractivity contribution >= 4 is 16.7 Å². The van der Waals surface area contributed by atoms with E-state index in [4.69, 9.17) is 0 Å². The van der Waals surface area contributed by atoms with Crippen LogP contribution in [-0.2, 0) is 4.79 Å². The van der Waals surface area contributed by atoms with Crippen LogP contribution in [0, 0.1) is 0 Å². The zero-order chi connectivity index (χ0) is 13.8. The maximum absolute atomic E-state index is 10.8. The molecule has 0 spiro atoms. The molecular weight excluding hydrogens is 242 g/mol. The van der Waals surface area contributed by atoms with Crippen LogP contribution in [0.15, 0.2) is 42.5 Å². The van der Waals surface area contributed by atoms with Crippen molar-refractivity contribution in [1.29, 1.82) is 0 Å². The van der Waals surface area contributed by atoms with Crippen LogP contribution in [0.25, 0.3) is 10.8 Å². The molecule has 0 bridgehead atoms. The SMILES string of the molecule is CC(=O)NCC(O)C(O)c1cccc2ccccc12. The monoisotopic (exact) mass is 259 g/mol. The van der Waals surface area contributed by atoms with Gasteiger partial charge in [-0.15, -0.1) is 0 Å². The predicted octanol–water partition coefficient (Wildman–Crippen LogP) is 1.37. The fraction of sp³-hybridized carbons (Fsp3) is 0.267. The molecular formula is C15H17NO3. The van der Waals surface area contributed by atoms with Crippen LogP contribution in [-0.4, -0.2) is 28.8 Å². The summed E-state index contributed by atoms with van der Waals surface area (Å²) in [5.41, 5.74) is 0.663. The van der Waals surface area contributed by atoms with Gasteiger partial charge < -0.3 is 15.5 Å². The van der Waals surface area contributed by atoms with E-state index in [0.29, 0.717) is 5.56 Å². The zero-order valence-corrected chi connectivity index (χ0v) is 10.7. The summed E-state index contributed by atoms with van der Waals surface area (Å²) in [5.74, 6) is -0.232. The first-order valence-corrected chi connectivity index (χ1v) is 6.18. The predicted molar refractivity (Wildman–Crippen MR) is 73.6 cm³/mol. The number of carbonyl (C=O) groups excluding carboxylic acids is 1. The number of amides is 1. The normalized spacial score (nSPS) is 14.1. The van der Waals surface area contributed by atoms with E-state index in [1.165, 1.54) is 6.92 Å². The summed E-state index contributed by atoms with van der Waals surface area (Å²) >= 11 is 0. The summed E-state index contributed by atoms with van der Waals surface area (Å²) in [7, 11) is 0. The minimum Gasteiger partial charge on any atom is -0.388 e. The number of benzene rings is 2. The highest BCUT2D eigenvalue weighted by Crippen LogP contribution is 2.26. The minimum absolute atomic E-state index is 0.0275. The number of hydrogen-bond acceptors (Lipinski definition) is 3. The Morgan fingerprint density at radius 1 is 1.16 bits per heavy atom. The van der Waals surface area contributed by atoms with Crippen molar-refractivity contribution < 1.29 is 15.0 Å². The first-order chi connectivity index (χ1) is 9.09. The van der Waals surface area contributed by atoms with Crippen molar-refractivity contribution in [2.45, 2.75) is 19.1 Å². The third-order valence-electron chi connectivity index (χ3n) is 3.07. The Morgan fingerprint density at radius 3 is 2.58 bits per heavy atom. The number of aliphatic hydroxyl groups is 2. The van der Waals surface area contributed by atoms with E-state index in [-0.39, 0.29) is 12.5 Å². The average Bonchev–Trinajstić information content (AvgIpc) is 2.43. The maximum Gasteiger partial charge on any atom is 0.216 e. The molecule has 2 rings (SSSR count). The molecule has 4 heteroatoms. The molecule has 4 nitrogen and oxygen atoms in total. The number of aliphatic hydroxyl groups excluding tert-OH is 2. The van der Waals surface area contributed by atoms with E-state index in [2.05, 4.69) is 5.32 Å². The highest BCUT2D eigenvalue weighted by atomic mass is 16.3. The highest BCUT2D eigenvalue weighted by molar-refractivity contribution is 5.86. The molecule has 0 aliphatic heterocycles. The van der Waals surface area contributed by atoms with Gasteiger partial charge >= 0.3 is 0 Å². The van der Waals surface area contributed by atoms with Crippen molar-refractivity contribution in [3.8, 4) is 0 Å². The molecule has 0 fully saturated rings. The Balaban J connectivity index is 2.25. The second-order valence-electron chi connectivity index (χ2n) is 4.52. The number of carbonyl (C=O) groups is 1. The molecule has 2 atom stereocenters. The number of fused-ring (bicyclic) bond motifs is 1. The van der Waals surface area contributed by atoms with Gasteiger partial charge in [-0.05, 0) is 16.3 Å². The van der Waals surface area contributed by atoms with Crippen LogP contribution in [0.4, 0.5) is 0 Å². The lowest BCUT2D eigenvalue weighted by Crippen LogP contribution is -2.34. The molecule has 100 valence electrons. The minimum atomic E-state index is -1.03. The molecule has 2 aromatic carbocycles. The molecule has 1 amide bonds. The number of hydrogen-bond donors (Lipinski definition) is 3. The van der Waals surface area contributed by atoms with E-state index in [1.54, 1.807) is 6.07 Å².